The molecular formula is C22H21N7O2. The van der Waals surface area contributed by atoms with E-state index < -0.39 is 0 Å². The van der Waals surface area contributed by atoms with Gasteiger partial charge in [-0.05, 0) is 36.4 Å². The maximum absolute atomic E-state index is 9.77. The molecule has 4 N–H and O–H groups in total. The highest BCUT2D eigenvalue weighted by atomic mass is 16.5. The van der Waals surface area contributed by atoms with Crippen LogP contribution in [0, 0.1) is 0 Å². The summed E-state index contributed by atoms with van der Waals surface area (Å²) in [5, 5.41) is 13.9. The number of phenols is 1. The molecule has 3 aromatic heterocycles. The fourth-order valence-electron chi connectivity index (χ4n) is 3.44. The first-order valence-corrected chi connectivity index (χ1v) is 9.93. The molecule has 0 amide bonds. The molecule has 5 rings (SSSR count). The number of pyridine rings is 2. The summed E-state index contributed by atoms with van der Waals surface area (Å²) in [6.45, 7) is 2.72. The van der Waals surface area contributed by atoms with Crippen LogP contribution in [-0.4, -0.2) is 51.3 Å². The number of ether oxygens (including phenoxy) is 1. The number of rotatable bonds is 4. The molecule has 0 bridgehead atoms. The van der Waals surface area contributed by atoms with Gasteiger partial charge in [0, 0.05) is 36.3 Å². The van der Waals surface area contributed by atoms with Gasteiger partial charge in [0.15, 0.2) is 0 Å². The number of hydrogen-bond donors (Lipinski definition) is 3. The van der Waals surface area contributed by atoms with Crippen LogP contribution in [0.4, 0.5) is 23.3 Å². The lowest BCUT2D eigenvalue weighted by Gasteiger charge is -2.27. The van der Waals surface area contributed by atoms with Gasteiger partial charge >= 0.3 is 0 Å². The molecule has 9 nitrogen and oxygen atoms in total. The van der Waals surface area contributed by atoms with E-state index in [2.05, 4.69) is 20.2 Å². The van der Waals surface area contributed by atoms with Crippen molar-refractivity contribution in [3.8, 4) is 17.0 Å². The van der Waals surface area contributed by atoms with Gasteiger partial charge in [-0.25, -0.2) is 9.97 Å². The van der Waals surface area contributed by atoms with E-state index in [1.807, 2.05) is 18.2 Å². The monoisotopic (exact) mass is 415 g/mol. The highest BCUT2D eigenvalue weighted by molar-refractivity contribution is 5.83. The first kappa shape index (κ1) is 19.0. The van der Waals surface area contributed by atoms with Crippen LogP contribution in [-0.2, 0) is 4.74 Å². The topological polar surface area (TPSA) is 122 Å². The van der Waals surface area contributed by atoms with Crippen LogP contribution < -0.4 is 16.0 Å². The molecule has 0 spiro atoms. The third-order valence-corrected chi connectivity index (χ3v) is 5.03. The molecule has 0 atom stereocenters. The van der Waals surface area contributed by atoms with Crippen molar-refractivity contribution in [1.82, 2.24) is 19.9 Å². The van der Waals surface area contributed by atoms with Gasteiger partial charge in [-0.15, -0.1) is 0 Å². The van der Waals surface area contributed by atoms with Crippen molar-refractivity contribution in [3.63, 3.8) is 0 Å². The number of aromatic nitrogens is 4. The highest BCUT2D eigenvalue weighted by Crippen LogP contribution is 2.27. The molecule has 1 saturated heterocycles. The van der Waals surface area contributed by atoms with Crippen LogP contribution in [0.2, 0.25) is 0 Å². The average molecular weight is 415 g/mol. The summed E-state index contributed by atoms with van der Waals surface area (Å²) in [7, 11) is 0. The molecule has 4 heterocycles. The molecule has 1 aliphatic rings. The number of nitrogens with two attached hydrogens (primary N) is 1. The zero-order valence-corrected chi connectivity index (χ0v) is 16.7. The normalized spacial score (nSPS) is 14.0. The zero-order valence-electron chi connectivity index (χ0n) is 16.7. The minimum absolute atomic E-state index is 0.196. The van der Waals surface area contributed by atoms with Gasteiger partial charge in [0.2, 0.25) is 5.95 Å². The van der Waals surface area contributed by atoms with Crippen LogP contribution in [0.15, 0.2) is 54.9 Å². The summed E-state index contributed by atoms with van der Waals surface area (Å²) in [4.78, 5) is 20.2. The number of nitrogens with one attached hydrogen (secondary N) is 1. The second-order valence-electron chi connectivity index (χ2n) is 7.24. The minimum atomic E-state index is 0.196. The number of morpholine rings is 1. The molecule has 0 aliphatic carbocycles. The highest BCUT2D eigenvalue weighted by Gasteiger charge is 2.17. The Hall–Kier alpha value is -3.98. The van der Waals surface area contributed by atoms with Gasteiger partial charge in [0.25, 0.3) is 0 Å². The van der Waals surface area contributed by atoms with Crippen molar-refractivity contribution < 1.29 is 9.84 Å². The molecule has 1 aliphatic heterocycles. The number of anilines is 4. The van der Waals surface area contributed by atoms with E-state index in [-0.39, 0.29) is 5.75 Å². The quantitative estimate of drug-likeness (QED) is 0.462. The molecule has 31 heavy (non-hydrogen) atoms. The second-order valence-corrected chi connectivity index (χ2v) is 7.24. The van der Waals surface area contributed by atoms with Gasteiger partial charge in [-0.3, -0.25) is 4.98 Å². The van der Waals surface area contributed by atoms with Gasteiger partial charge < -0.3 is 25.8 Å². The Bertz CT molecular complexity index is 1220. The zero-order chi connectivity index (χ0) is 21.2. The van der Waals surface area contributed by atoms with Gasteiger partial charge in [-0.2, -0.15) is 4.98 Å². The van der Waals surface area contributed by atoms with E-state index in [4.69, 9.17) is 20.4 Å². The second kappa shape index (κ2) is 8.04. The van der Waals surface area contributed by atoms with Crippen LogP contribution >= 0.6 is 0 Å². The summed E-state index contributed by atoms with van der Waals surface area (Å²) < 4.78 is 5.46. The Labute approximate surface area is 178 Å². The predicted molar refractivity (Wildman–Crippen MR) is 119 cm³/mol. The number of nitrogen functional groups attached to an aromatic ring is 1. The van der Waals surface area contributed by atoms with Crippen molar-refractivity contribution >= 4 is 34.2 Å². The number of phenolic OH excluding ortho intramolecular Hbond substituents is 1. The van der Waals surface area contributed by atoms with Crippen LogP contribution in [0.25, 0.3) is 22.2 Å². The summed E-state index contributed by atoms with van der Waals surface area (Å²) >= 11 is 0. The number of fused-ring (bicyclic) bond motifs is 1. The maximum Gasteiger partial charge on any atom is 0.228 e. The average Bonchev–Trinajstić information content (AvgIpc) is 2.80. The molecule has 1 aromatic carbocycles. The third-order valence-electron chi connectivity index (χ3n) is 5.03. The molecule has 0 unspecified atom stereocenters. The summed E-state index contributed by atoms with van der Waals surface area (Å²) in [6, 6.07) is 12.5. The van der Waals surface area contributed by atoms with E-state index in [0.29, 0.717) is 30.8 Å². The Morgan fingerprint density at radius 1 is 0.968 bits per heavy atom. The fourth-order valence-corrected chi connectivity index (χ4v) is 3.44. The Balaban J connectivity index is 1.53. The molecular weight excluding hydrogens is 394 g/mol. The Morgan fingerprint density at radius 2 is 1.84 bits per heavy atom. The van der Waals surface area contributed by atoms with Crippen molar-refractivity contribution in [2.24, 2.45) is 0 Å². The number of benzene rings is 1. The number of nitrogens with zero attached hydrogens (tertiary/aromatic N) is 5. The van der Waals surface area contributed by atoms with Gasteiger partial charge in [0.1, 0.15) is 17.4 Å². The van der Waals surface area contributed by atoms with E-state index in [1.54, 1.807) is 36.7 Å². The van der Waals surface area contributed by atoms with Gasteiger partial charge in [-0.1, -0.05) is 0 Å². The van der Waals surface area contributed by atoms with E-state index in [9.17, 15) is 5.11 Å². The minimum Gasteiger partial charge on any atom is -0.508 e. The largest absolute Gasteiger partial charge is 0.508 e. The maximum atomic E-state index is 9.77. The van der Waals surface area contributed by atoms with Gasteiger partial charge in [0.05, 0.1) is 36.3 Å². The fraction of sp³-hybridized carbons (Fsp3) is 0.182. The molecule has 1 fully saturated rings. The predicted octanol–water partition coefficient (Wildman–Crippen LogP) is 2.95. The van der Waals surface area contributed by atoms with Crippen molar-refractivity contribution in [2.45, 2.75) is 0 Å². The molecule has 9 heteroatoms. The number of hydrogen-bond acceptors (Lipinski definition) is 9. The molecule has 0 radical (unpaired) electrons. The molecule has 0 saturated carbocycles. The van der Waals surface area contributed by atoms with E-state index >= 15 is 0 Å². The smallest absolute Gasteiger partial charge is 0.228 e. The lowest BCUT2D eigenvalue weighted by Crippen LogP contribution is -2.37. The van der Waals surface area contributed by atoms with Crippen LogP contribution in [0.3, 0.4) is 0 Å². The molecule has 156 valence electrons. The first-order chi connectivity index (χ1) is 15.1. The summed E-state index contributed by atoms with van der Waals surface area (Å²) in [6.07, 6.45) is 3.44. The SMILES string of the molecule is Nc1ccc(-c2cc(Nc3cnc4ccc(O)cc4c3)nc(N3CCOCC3)n2)cn1. The van der Waals surface area contributed by atoms with Crippen molar-refractivity contribution in [1.29, 1.82) is 0 Å². The Morgan fingerprint density at radius 3 is 2.65 bits per heavy atom. The van der Waals surface area contributed by atoms with E-state index in [1.165, 1.54) is 0 Å². The standard InChI is InChI=1S/C22H21N7O2/c23-20-4-1-14(12-25-20)19-11-21(28-22(27-19)29-5-7-31-8-6-29)26-16-9-15-10-17(30)2-3-18(15)24-13-16/h1-4,9-13,30H,5-8H2,(H2,23,25)(H,26,27,28). The summed E-state index contributed by atoms with van der Waals surface area (Å²) in [5.41, 5.74) is 8.87. The van der Waals surface area contributed by atoms with Crippen molar-refractivity contribution in [2.75, 3.05) is 42.3 Å². The van der Waals surface area contributed by atoms with Crippen LogP contribution in [0.5, 0.6) is 5.75 Å². The van der Waals surface area contributed by atoms with Crippen LogP contribution in [0.1, 0.15) is 0 Å². The number of aromatic hydroxyl groups is 1. The lowest BCUT2D eigenvalue weighted by molar-refractivity contribution is 0.122. The third kappa shape index (κ3) is 4.17. The lowest BCUT2D eigenvalue weighted by atomic mass is 10.2. The van der Waals surface area contributed by atoms with Crippen molar-refractivity contribution in [3.05, 3.63) is 54.9 Å². The Kier molecular flexibility index (Phi) is 4.93. The summed E-state index contributed by atoms with van der Waals surface area (Å²) in [5.74, 6) is 1.90. The molecule has 4 aromatic rings. The first-order valence-electron chi connectivity index (χ1n) is 9.93. The van der Waals surface area contributed by atoms with E-state index in [0.717, 1.165) is 40.9 Å².